The van der Waals surface area contributed by atoms with Crippen LogP contribution in [-0.2, 0) is 0 Å². The van der Waals surface area contributed by atoms with Crippen LogP contribution >= 0.6 is 11.6 Å². The average Bonchev–Trinajstić information content (AvgIpc) is 2.62. The second kappa shape index (κ2) is 6.91. The maximum Gasteiger partial charge on any atom is 0.100 e. The summed E-state index contributed by atoms with van der Waals surface area (Å²) in [6.07, 6.45) is 1.73. The number of nitriles is 1. The van der Waals surface area contributed by atoms with Gasteiger partial charge >= 0.3 is 0 Å². The van der Waals surface area contributed by atoms with Gasteiger partial charge in [-0.3, -0.25) is 4.98 Å². The lowest BCUT2D eigenvalue weighted by Crippen LogP contribution is -1.96. The second-order valence-electron chi connectivity index (χ2n) is 4.95. The molecular weight excluding hydrogens is 304 g/mol. The normalized spacial score (nSPS) is 11.5. The number of halogens is 1. The van der Waals surface area contributed by atoms with Crippen molar-refractivity contribution in [2.24, 2.45) is 0 Å². The summed E-state index contributed by atoms with van der Waals surface area (Å²) < 4.78 is 0. The standard InChI is InChI=1S/C20H13ClN2/c21-17-11-9-15(10-12-17)18(14-22)20(16-6-2-1-3-7-16)19-8-4-5-13-23-19/h1-13H/b20-18-. The van der Waals surface area contributed by atoms with Gasteiger partial charge in [0, 0.05) is 16.8 Å². The molecule has 0 aliphatic rings. The van der Waals surface area contributed by atoms with E-state index in [4.69, 9.17) is 11.6 Å². The molecule has 0 fully saturated rings. The van der Waals surface area contributed by atoms with Gasteiger partial charge in [-0.05, 0) is 35.4 Å². The Morgan fingerprint density at radius 2 is 1.52 bits per heavy atom. The van der Waals surface area contributed by atoms with Crippen LogP contribution in [0.4, 0.5) is 0 Å². The Bertz CT molecular complexity index is 820. The summed E-state index contributed by atoms with van der Waals surface area (Å²) in [4.78, 5) is 4.43. The van der Waals surface area contributed by atoms with Crippen molar-refractivity contribution >= 4 is 22.7 Å². The van der Waals surface area contributed by atoms with Gasteiger partial charge in [0.15, 0.2) is 0 Å². The topological polar surface area (TPSA) is 36.7 Å². The van der Waals surface area contributed by atoms with Crippen LogP contribution in [-0.4, -0.2) is 4.98 Å². The van der Waals surface area contributed by atoms with Gasteiger partial charge in [0.25, 0.3) is 0 Å². The fourth-order valence-electron chi connectivity index (χ4n) is 2.42. The smallest absolute Gasteiger partial charge is 0.100 e. The first-order valence-corrected chi connectivity index (χ1v) is 7.54. The molecule has 0 aliphatic carbocycles. The number of allylic oxidation sites excluding steroid dienone is 1. The van der Waals surface area contributed by atoms with Crippen molar-refractivity contribution < 1.29 is 0 Å². The molecule has 2 aromatic carbocycles. The van der Waals surface area contributed by atoms with Crippen LogP contribution in [0, 0.1) is 11.3 Å². The van der Waals surface area contributed by atoms with Crippen LogP contribution in [0.5, 0.6) is 0 Å². The van der Waals surface area contributed by atoms with E-state index >= 15 is 0 Å². The SMILES string of the molecule is N#C/C(=C(\c1ccccc1)c1ccccn1)c1ccc(Cl)cc1. The van der Waals surface area contributed by atoms with Crippen molar-refractivity contribution in [2.45, 2.75) is 0 Å². The fraction of sp³-hybridized carbons (Fsp3) is 0. The zero-order valence-corrected chi connectivity index (χ0v) is 13.0. The highest BCUT2D eigenvalue weighted by Gasteiger charge is 2.14. The zero-order valence-electron chi connectivity index (χ0n) is 12.3. The maximum atomic E-state index is 9.77. The number of benzene rings is 2. The van der Waals surface area contributed by atoms with Gasteiger partial charge in [-0.25, -0.2) is 0 Å². The third-order valence-electron chi connectivity index (χ3n) is 3.48. The van der Waals surface area contributed by atoms with Gasteiger partial charge in [0.2, 0.25) is 0 Å². The molecule has 1 heterocycles. The van der Waals surface area contributed by atoms with Crippen LogP contribution in [0.1, 0.15) is 16.8 Å². The molecule has 3 heteroatoms. The fourth-order valence-corrected chi connectivity index (χ4v) is 2.54. The van der Waals surface area contributed by atoms with E-state index in [0.29, 0.717) is 10.6 Å². The van der Waals surface area contributed by atoms with E-state index in [9.17, 15) is 5.26 Å². The van der Waals surface area contributed by atoms with Gasteiger partial charge in [0.1, 0.15) is 6.07 Å². The molecule has 0 atom stereocenters. The first-order chi connectivity index (χ1) is 11.3. The first-order valence-electron chi connectivity index (χ1n) is 7.17. The maximum absolute atomic E-state index is 9.77. The monoisotopic (exact) mass is 316 g/mol. The summed E-state index contributed by atoms with van der Waals surface area (Å²) in [5, 5.41) is 10.4. The van der Waals surface area contributed by atoms with Crippen molar-refractivity contribution in [3.63, 3.8) is 0 Å². The third kappa shape index (κ3) is 3.31. The first kappa shape index (κ1) is 15.0. The van der Waals surface area contributed by atoms with E-state index in [2.05, 4.69) is 11.1 Å². The lowest BCUT2D eigenvalue weighted by atomic mass is 9.93. The Morgan fingerprint density at radius 1 is 0.826 bits per heavy atom. The molecule has 3 aromatic rings. The largest absolute Gasteiger partial charge is 0.256 e. The van der Waals surface area contributed by atoms with E-state index in [1.165, 1.54) is 0 Å². The summed E-state index contributed by atoms with van der Waals surface area (Å²) in [5.74, 6) is 0. The molecule has 0 spiro atoms. The molecule has 0 unspecified atom stereocenters. The van der Waals surface area contributed by atoms with Gasteiger partial charge in [-0.15, -0.1) is 0 Å². The van der Waals surface area contributed by atoms with Crippen molar-refractivity contribution in [3.8, 4) is 6.07 Å². The van der Waals surface area contributed by atoms with Crippen LogP contribution < -0.4 is 0 Å². The Morgan fingerprint density at radius 3 is 2.13 bits per heavy atom. The van der Waals surface area contributed by atoms with Crippen molar-refractivity contribution in [1.82, 2.24) is 4.98 Å². The third-order valence-corrected chi connectivity index (χ3v) is 3.73. The number of hydrogen-bond acceptors (Lipinski definition) is 2. The number of nitrogens with zero attached hydrogens (tertiary/aromatic N) is 2. The molecule has 0 bridgehead atoms. The lowest BCUT2D eigenvalue weighted by molar-refractivity contribution is 1.27. The predicted molar refractivity (Wildman–Crippen MR) is 93.7 cm³/mol. The molecule has 110 valence electrons. The van der Waals surface area contributed by atoms with E-state index in [-0.39, 0.29) is 0 Å². The van der Waals surface area contributed by atoms with Gasteiger partial charge in [0.05, 0.1) is 11.3 Å². The molecular formula is C20H13ClN2. The molecule has 0 N–H and O–H groups in total. The Hall–Kier alpha value is -2.89. The highest BCUT2D eigenvalue weighted by Crippen LogP contribution is 2.31. The molecule has 2 nitrogen and oxygen atoms in total. The molecule has 0 saturated carbocycles. The zero-order chi connectivity index (χ0) is 16.1. The highest BCUT2D eigenvalue weighted by atomic mass is 35.5. The minimum atomic E-state index is 0.576. The molecule has 0 radical (unpaired) electrons. The number of pyridine rings is 1. The highest BCUT2D eigenvalue weighted by molar-refractivity contribution is 6.30. The minimum Gasteiger partial charge on any atom is -0.256 e. The summed E-state index contributed by atoms with van der Waals surface area (Å²) in [6.45, 7) is 0. The molecule has 0 amide bonds. The van der Waals surface area contributed by atoms with Crippen molar-refractivity contribution in [2.75, 3.05) is 0 Å². The van der Waals surface area contributed by atoms with E-state index < -0.39 is 0 Å². The number of rotatable bonds is 3. The van der Waals surface area contributed by atoms with Crippen LogP contribution in [0.3, 0.4) is 0 Å². The Balaban J connectivity index is 2.28. The van der Waals surface area contributed by atoms with Crippen LogP contribution in [0.2, 0.25) is 5.02 Å². The van der Waals surface area contributed by atoms with E-state index in [0.717, 1.165) is 22.4 Å². The summed E-state index contributed by atoms with van der Waals surface area (Å²) in [5.41, 5.74) is 3.94. The number of hydrogen-bond donors (Lipinski definition) is 0. The second-order valence-corrected chi connectivity index (χ2v) is 5.39. The quantitative estimate of drug-likeness (QED) is 0.491. The molecule has 23 heavy (non-hydrogen) atoms. The average molecular weight is 317 g/mol. The lowest BCUT2D eigenvalue weighted by Gasteiger charge is -2.11. The minimum absolute atomic E-state index is 0.576. The molecule has 3 rings (SSSR count). The van der Waals surface area contributed by atoms with Crippen LogP contribution in [0.15, 0.2) is 79.0 Å². The van der Waals surface area contributed by atoms with Crippen molar-refractivity contribution in [3.05, 3.63) is 101 Å². The predicted octanol–water partition coefficient (Wildman–Crippen LogP) is 5.22. The van der Waals surface area contributed by atoms with E-state index in [1.807, 2.05) is 60.7 Å². The summed E-state index contributed by atoms with van der Waals surface area (Å²) in [6, 6.07) is 25.1. The number of aromatic nitrogens is 1. The van der Waals surface area contributed by atoms with Crippen molar-refractivity contribution in [1.29, 1.82) is 5.26 Å². The molecule has 0 aliphatic heterocycles. The van der Waals surface area contributed by atoms with Gasteiger partial charge < -0.3 is 0 Å². The van der Waals surface area contributed by atoms with Gasteiger partial charge in [-0.1, -0.05) is 60.1 Å². The van der Waals surface area contributed by atoms with Crippen LogP contribution in [0.25, 0.3) is 11.1 Å². The van der Waals surface area contributed by atoms with E-state index in [1.54, 1.807) is 18.3 Å². The Labute approximate surface area is 140 Å². The Kier molecular flexibility index (Phi) is 4.52. The molecule has 0 saturated heterocycles. The summed E-state index contributed by atoms with van der Waals surface area (Å²) in [7, 11) is 0. The summed E-state index contributed by atoms with van der Waals surface area (Å²) >= 11 is 5.96. The molecule has 1 aromatic heterocycles. The van der Waals surface area contributed by atoms with Gasteiger partial charge in [-0.2, -0.15) is 5.26 Å².